The van der Waals surface area contributed by atoms with E-state index in [0.717, 1.165) is 22.2 Å². The van der Waals surface area contributed by atoms with Crippen LogP contribution in [0, 0.1) is 6.92 Å². The number of aromatic nitrogens is 2. The first-order chi connectivity index (χ1) is 7.83. The van der Waals surface area contributed by atoms with Crippen LogP contribution in [0.3, 0.4) is 0 Å². The highest BCUT2D eigenvalue weighted by atomic mass is 16.3. The monoisotopic (exact) mass is 222 g/mol. The van der Waals surface area contributed by atoms with Crippen molar-refractivity contribution >= 4 is 11.0 Å². The molecule has 16 heavy (non-hydrogen) atoms. The number of aryl methyl sites for hydroxylation is 1. The van der Waals surface area contributed by atoms with E-state index in [-0.39, 0.29) is 6.61 Å². The second kappa shape index (κ2) is 7.88. The molecule has 1 aromatic carbocycles. The minimum atomic E-state index is 0.0496. The van der Waals surface area contributed by atoms with E-state index in [1.807, 2.05) is 46.8 Å². The summed E-state index contributed by atoms with van der Waals surface area (Å²) in [5, 5.41) is 9.08. The SMILES string of the molecule is CC.CC.Cc1ccc2[nH]cnc2c1CO. The Balaban J connectivity index is 0.000000509. The van der Waals surface area contributed by atoms with Gasteiger partial charge in [0.2, 0.25) is 0 Å². The molecule has 1 heterocycles. The molecule has 0 fully saturated rings. The summed E-state index contributed by atoms with van der Waals surface area (Å²) < 4.78 is 0. The lowest BCUT2D eigenvalue weighted by Crippen LogP contribution is -1.89. The fourth-order valence-corrected chi connectivity index (χ4v) is 1.37. The van der Waals surface area contributed by atoms with Crippen molar-refractivity contribution < 1.29 is 5.11 Å². The van der Waals surface area contributed by atoms with E-state index in [1.165, 1.54) is 0 Å². The highest BCUT2D eigenvalue weighted by Gasteiger charge is 2.04. The van der Waals surface area contributed by atoms with E-state index in [2.05, 4.69) is 9.97 Å². The van der Waals surface area contributed by atoms with Crippen molar-refractivity contribution in [2.24, 2.45) is 0 Å². The summed E-state index contributed by atoms with van der Waals surface area (Å²) in [7, 11) is 0. The van der Waals surface area contributed by atoms with Crippen molar-refractivity contribution in [3.8, 4) is 0 Å². The fourth-order valence-electron chi connectivity index (χ4n) is 1.37. The maximum absolute atomic E-state index is 9.08. The van der Waals surface area contributed by atoms with E-state index in [1.54, 1.807) is 6.33 Å². The average Bonchev–Trinajstić information content (AvgIpc) is 2.82. The molecule has 0 aliphatic heterocycles. The van der Waals surface area contributed by atoms with Gasteiger partial charge in [0.15, 0.2) is 0 Å². The first-order valence-corrected chi connectivity index (χ1v) is 5.85. The molecule has 0 amide bonds. The van der Waals surface area contributed by atoms with Crippen LogP contribution in [-0.2, 0) is 6.61 Å². The third kappa shape index (κ3) is 3.07. The van der Waals surface area contributed by atoms with Gasteiger partial charge in [-0.25, -0.2) is 4.98 Å². The Kier molecular flexibility index (Phi) is 7.21. The molecular weight excluding hydrogens is 200 g/mol. The van der Waals surface area contributed by atoms with Gasteiger partial charge in [0.05, 0.1) is 24.0 Å². The lowest BCUT2D eigenvalue weighted by molar-refractivity contribution is 0.282. The van der Waals surface area contributed by atoms with Gasteiger partial charge in [0.25, 0.3) is 0 Å². The predicted octanol–water partition coefficient (Wildman–Crippen LogP) is 3.42. The van der Waals surface area contributed by atoms with E-state index < -0.39 is 0 Å². The van der Waals surface area contributed by atoms with Gasteiger partial charge < -0.3 is 10.1 Å². The van der Waals surface area contributed by atoms with Gasteiger partial charge in [-0.1, -0.05) is 33.8 Å². The highest BCUT2D eigenvalue weighted by molar-refractivity contribution is 5.79. The summed E-state index contributed by atoms with van der Waals surface area (Å²) in [5.74, 6) is 0. The van der Waals surface area contributed by atoms with Crippen LogP contribution < -0.4 is 0 Å². The molecule has 0 aliphatic rings. The summed E-state index contributed by atoms with van der Waals surface area (Å²) in [5.41, 5.74) is 3.84. The van der Waals surface area contributed by atoms with Crippen molar-refractivity contribution in [2.45, 2.75) is 41.2 Å². The number of aliphatic hydroxyl groups excluding tert-OH is 1. The summed E-state index contributed by atoms with van der Waals surface area (Å²) in [4.78, 5) is 7.13. The largest absolute Gasteiger partial charge is 0.392 e. The lowest BCUT2D eigenvalue weighted by atomic mass is 10.1. The van der Waals surface area contributed by atoms with Gasteiger partial charge in [-0.2, -0.15) is 0 Å². The third-order valence-corrected chi connectivity index (χ3v) is 2.09. The van der Waals surface area contributed by atoms with Crippen LogP contribution >= 0.6 is 0 Å². The number of nitrogens with zero attached hydrogens (tertiary/aromatic N) is 1. The van der Waals surface area contributed by atoms with Crippen molar-refractivity contribution in [3.05, 3.63) is 29.6 Å². The lowest BCUT2D eigenvalue weighted by Gasteiger charge is -2.01. The number of nitrogens with one attached hydrogen (secondary N) is 1. The second-order valence-corrected chi connectivity index (χ2v) is 2.82. The van der Waals surface area contributed by atoms with Gasteiger partial charge in [-0.3, -0.25) is 0 Å². The maximum Gasteiger partial charge on any atom is 0.0940 e. The highest BCUT2D eigenvalue weighted by Crippen LogP contribution is 2.18. The van der Waals surface area contributed by atoms with E-state index in [0.29, 0.717) is 0 Å². The maximum atomic E-state index is 9.08. The Morgan fingerprint density at radius 2 is 1.81 bits per heavy atom. The number of aliphatic hydroxyl groups is 1. The van der Waals surface area contributed by atoms with Crippen molar-refractivity contribution in [3.63, 3.8) is 0 Å². The summed E-state index contributed by atoms with van der Waals surface area (Å²) in [6, 6.07) is 3.95. The molecular formula is C13H22N2O. The molecule has 2 rings (SSSR count). The van der Waals surface area contributed by atoms with Crippen LogP contribution in [0.2, 0.25) is 0 Å². The summed E-state index contributed by atoms with van der Waals surface area (Å²) in [6.45, 7) is 10.0. The zero-order valence-electron chi connectivity index (χ0n) is 10.8. The number of fused-ring (bicyclic) bond motifs is 1. The van der Waals surface area contributed by atoms with Gasteiger partial charge >= 0.3 is 0 Å². The molecule has 90 valence electrons. The number of hydrogen-bond donors (Lipinski definition) is 2. The summed E-state index contributed by atoms with van der Waals surface area (Å²) in [6.07, 6.45) is 1.64. The Hall–Kier alpha value is -1.35. The Labute approximate surface area is 97.5 Å². The van der Waals surface area contributed by atoms with Crippen LogP contribution in [0.4, 0.5) is 0 Å². The molecule has 3 heteroatoms. The van der Waals surface area contributed by atoms with E-state index in [4.69, 9.17) is 5.11 Å². The quantitative estimate of drug-likeness (QED) is 0.776. The van der Waals surface area contributed by atoms with Crippen LogP contribution in [0.25, 0.3) is 11.0 Å². The second-order valence-electron chi connectivity index (χ2n) is 2.82. The van der Waals surface area contributed by atoms with Gasteiger partial charge in [0, 0.05) is 5.56 Å². The molecule has 0 atom stereocenters. The molecule has 0 aliphatic carbocycles. The van der Waals surface area contributed by atoms with E-state index in [9.17, 15) is 0 Å². The van der Waals surface area contributed by atoms with Crippen LogP contribution in [-0.4, -0.2) is 15.1 Å². The molecule has 0 saturated carbocycles. The van der Waals surface area contributed by atoms with Gasteiger partial charge in [0.1, 0.15) is 0 Å². The molecule has 3 nitrogen and oxygen atoms in total. The normalized spacial score (nSPS) is 8.88. The van der Waals surface area contributed by atoms with Gasteiger partial charge in [-0.05, 0) is 18.6 Å². The number of H-pyrrole nitrogens is 1. The van der Waals surface area contributed by atoms with Crippen LogP contribution in [0.15, 0.2) is 18.5 Å². The molecule has 1 aromatic heterocycles. The molecule has 0 unspecified atom stereocenters. The molecule has 0 radical (unpaired) electrons. The van der Waals surface area contributed by atoms with Gasteiger partial charge in [-0.15, -0.1) is 0 Å². The summed E-state index contributed by atoms with van der Waals surface area (Å²) >= 11 is 0. The minimum Gasteiger partial charge on any atom is -0.392 e. The first kappa shape index (κ1) is 14.6. The number of aromatic amines is 1. The van der Waals surface area contributed by atoms with Crippen molar-refractivity contribution in [1.82, 2.24) is 9.97 Å². The Bertz CT molecular complexity index is 407. The zero-order valence-corrected chi connectivity index (χ0v) is 10.8. The Morgan fingerprint density at radius 1 is 1.19 bits per heavy atom. The molecule has 0 bridgehead atoms. The Morgan fingerprint density at radius 3 is 2.38 bits per heavy atom. The van der Waals surface area contributed by atoms with E-state index >= 15 is 0 Å². The number of hydrogen-bond acceptors (Lipinski definition) is 2. The third-order valence-electron chi connectivity index (χ3n) is 2.09. The zero-order chi connectivity index (χ0) is 12.6. The first-order valence-electron chi connectivity index (χ1n) is 5.85. The molecule has 2 aromatic rings. The fraction of sp³-hybridized carbons (Fsp3) is 0.462. The molecule has 0 spiro atoms. The van der Waals surface area contributed by atoms with Crippen LogP contribution in [0.5, 0.6) is 0 Å². The predicted molar refractivity (Wildman–Crippen MR) is 69.4 cm³/mol. The molecule has 0 saturated heterocycles. The topological polar surface area (TPSA) is 48.9 Å². The standard InChI is InChI=1S/C9H10N2O.2C2H6/c1-6-2-3-8-9(7(6)4-12)11-5-10-8;2*1-2/h2-3,5,12H,4H2,1H3,(H,10,11);2*1-2H3. The van der Waals surface area contributed by atoms with Crippen LogP contribution in [0.1, 0.15) is 38.8 Å². The number of benzene rings is 1. The average molecular weight is 222 g/mol. The van der Waals surface area contributed by atoms with Crippen molar-refractivity contribution in [1.29, 1.82) is 0 Å². The number of imidazole rings is 1. The number of rotatable bonds is 1. The smallest absolute Gasteiger partial charge is 0.0940 e. The molecule has 2 N–H and O–H groups in total. The minimum absolute atomic E-state index is 0.0496. The van der Waals surface area contributed by atoms with Crippen molar-refractivity contribution in [2.75, 3.05) is 0 Å².